The van der Waals surface area contributed by atoms with E-state index in [0.29, 0.717) is 0 Å². The van der Waals surface area contributed by atoms with Crippen LogP contribution in [0.2, 0.25) is 0 Å². The van der Waals surface area contributed by atoms with Crippen LogP contribution >= 0.6 is 0 Å². The lowest BCUT2D eigenvalue weighted by molar-refractivity contribution is 0.135. The first-order valence-electron chi connectivity index (χ1n) is 5.77. The topological polar surface area (TPSA) is 61.6 Å². The van der Waals surface area contributed by atoms with Crippen molar-refractivity contribution in [3.8, 4) is 0 Å². The zero-order chi connectivity index (χ0) is 10.7. The van der Waals surface area contributed by atoms with Gasteiger partial charge in [-0.25, -0.2) is 4.79 Å². The number of nitrogens with two attached hydrogens (primary N) is 1. The van der Waals surface area contributed by atoms with E-state index in [2.05, 4.69) is 5.32 Å². The SMILES string of the molecule is NC1CCN(C(=O)N2CCNCC2)CC1. The smallest absolute Gasteiger partial charge is 0.320 e. The molecule has 2 saturated heterocycles. The third-order valence-electron chi connectivity index (χ3n) is 3.20. The molecule has 0 spiro atoms. The van der Waals surface area contributed by atoms with Gasteiger partial charge in [-0.15, -0.1) is 0 Å². The fourth-order valence-electron chi connectivity index (χ4n) is 2.15. The highest BCUT2D eigenvalue weighted by atomic mass is 16.2. The summed E-state index contributed by atoms with van der Waals surface area (Å²) in [6, 6.07) is 0.487. The highest BCUT2D eigenvalue weighted by Crippen LogP contribution is 2.11. The minimum atomic E-state index is 0.198. The van der Waals surface area contributed by atoms with Gasteiger partial charge in [0.1, 0.15) is 0 Å². The predicted octanol–water partition coefficient (Wildman–Crippen LogP) is -0.565. The maximum absolute atomic E-state index is 12.0. The molecule has 0 atom stereocenters. The van der Waals surface area contributed by atoms with Crippen molar-refractivity contribution in [3.63, 3.8) is 0 Å². The van der Waals surface area contributed by atoms with Crippen LogP contribution in [0, 0.1) is 0 Å². The van der Waals surface area contributed by atoms with Crippen molar-refractivity contribution in [1.82, 2.24) is 15.1 Å². The maximum atomic E-state index is 12.0. The van der Waals surface area contributed by atoms with Crippen molar-refractivity contribution in [1.29, 1.82) is 0 Å². The number of urea groups is 1. The number of carbonyl (C=O) groups is 1. The second kappa shape index (κ2) is 4.81. The van der Waals surface area contributed by atoms with Crippen LogP contribution in [0.3, 0.4) is 0 Å². The van der Waals surface area contributed by atoms with Gasteiger partial charge in [-0.3, -0.25) is 0 Å². The van der Waals surface area contributed by atoms with Gasteiger partial charge in [-0.2, -0.15) is 0 Å². The maximum Gasteiger partial charge on any atom is 0.320 e. The van der Waals surface area contributed by atoms with Gasteiger partial charge in [0.05, 0.1) is 0 Å². The number of likely N-dealkylation sites (tertiary alicyclic amines) is 1. The molecule has 15 heavy (non-hydrogen) atoms. The average Bonchev–Trinajstić information content (AvgIpc) is 2.30. The van der Waals surface area contributed by atoms with E-state index in [1.807, 2.05) is 9.80 Å². The summed E-state index contributed by atoms with van der Waals surface area (Å²) in [5.74, 6) is 0. The van der Waals surface area contributed by atoms with Crippen LogP contribution in [0.1, 0.15) is 12.8 Å². The largest absolute Gasteiger partial charge is 0.328 e. The van der Waals surface area contributed by atoms with Crippen LogP contribution in [0.4, 0.5) is 4.79 Å². The second-order valence-corrected chi connectivity index (χ2v) is 4.34. The number of carbonyl (C=O) groups excluding carboxylic acids is 1. The van der Waals surface area contributed by atoms with Gasteiger partial charge in [-0.1, -0.05) is 0 Å². The Labute approximate surface area is 90.6 Å². The number of nitrogens with zero attached hydrogens (tertiary/aromatic N) is 2. The van der Waals surface area contributed by atoms with Gasteiger partial charge in [0.2, 0.25) is 0 Å². The van der Waals surface area contributed by atoms with Crippen molar-refractivity contribution in [3.05, 3.63) is 0 Å². The highest BCUT2D eigenvalue weighted by molar-refractivity contribution is 5.74. The van der Waals surface area contributed by atoms with Crippen LogP contribution in [-0.2, 0) is 0 Å². The molecule has 0 aliphatic carbocycles. The minimum Gasteiger partial charge on any atom is -0.328 e. The Morgan fingerprint density at radius 3 is 2.20 bits per heavy atom. The molecule has 0 bridgehead atoms. The molecule has 5 nitrogen and oxygen atoms in total. The Morgan fingerprint density at radius 2 is 1.60 bits per heavy atom. The number of nitrogens with one attached hydrogen (secondary N) is 1. The zero-order valence-electron chi connectivity index (χ0n) is 9.11. The Hall–Kier alpha value is -0.810. The number of hydrogen-bond donors (Lipinski definition) is 2. The van der Waals surface area contributed by atoms with E-state index in [9.17, 15) is 4.79 Å². The summed E-state index contributed by atoms with van der Waals surface area (Å²) in [5, 5.41) is 3.25. The molecule has 2 aliphatic rings. The summed E-state index contributed by atoms with van der Waals surface area (Å²) in [4.78, 5) is 15.9. The molecule has 0 aromatic carbocycles. The number of amides is 2. The molecule has 0 aromatic rings. The predicted molar refractivity (Wildman–Crippen MR) is 58.6 cm³/mol. The van der Waals surface area contributed by atoms with Gasteiger partial charge in [-0.05, 0) is 12.8 Å². The van der Waals surface area contributed by atoms with Gasteiger partial charge < -0.3 is 20.9 Å². The monoisotopic (exact) mass is 212 g/mol. The highest BCUT2D eigenvalue weighted by Gasteiger charge is 2.25. The van der Waals surface area contributed by atoms with E-state index in [4.69, 9.17) is 5.73 Å². The lowest BCUT2D eigenvalue weighted by atomic mass is 10.1. The molecule has 3 N–H and O–H groups in total. The summed E-state index contributed by atoms with van der Waals surface area (Å²) in [6.45, 7) is 5.15. The first-order valence-corrected chi connectivity index (χ1v) is 5.77. The quantitative estimate of drug-likeness (QED) is 0.565. The first kappa shape index (κ1) is 10.7. The third-order valence-corrected chi connectivity index (χ3v) is 3.20. The summed E-state index contributed by atoms with van der Waals surface area (Å²) in [5.41, 5.74) is 5.81. The summed E-state index contributed by atoms with van der Waals surface area (Å²) >= 11 is 0. The Morgan fingerprint density at radius 1 is 1.07 bits per heavy atom. The number of piperazine rings is 1. The van der Waals surface area contributed by atoms with Gasteiger partial charge >= 0.3 is 6.03 Å². The van der Waals surface area contributed by atoms with Crippen LogP contribution in [0.5, 0.6) is 0 Å². The van der Waals surface area contributed by atoms with E-state index < -0.39 is 0 Å². The second-order valence-electron chi connectivity index (χ2n) is 4.34. The van der Waals surface area contributed by atoms with Crippen molar-refractivity contribution in [2.45, 2.75) is 18.9 Å². The van der Waals surface area contributed by atoms with Crippen LogP contribution in [-0.4, -0.2) is 61.1 Å². The lowest BCUT2D eigenvalue weighted by Crippen LogP contribution is -2.53. The number of hydrogen-bond acceptors (Lipinski definition) is 3. The Bertz CT molecular complexity index is 219. The fourth-order valence-corrected chi connectivity index (χ4v) is 2.15. The molecular weight excluding hydrogens is 192 g/mol. The summed E-state index contributed by atoms with van der Waals surface area (Å²) in [7, 11) is 0. The van der Waals surface area contributed by atoms with Crippen LogP contribution in [0.15, 0.2) is 0 Å². The van der Waals surface area contributed by atoms with Gasteiger partial charge in [0, 0.05) is 45.3 Å². The molecule has 0 aromatic heterocycles. The Kier molecular flexibility index (Phi) is 3.43. The van der Waals surface area contributed by atoms with E-state index in [1.165, 1.54) is 0 Å². The molecule has 0 unspecified atom stereocenters. The molecule has 2 amide bonds. The molecule has 0 saturated carbocycles. The van der Waals surface area contributed by atoms with Crippen molar-refractivity contribution in [2.75, 3.05) is 39.3 Å². The molecule has 2 aliphatic heterocycles. The fraction of sp³-hybridized carbons (Fsp3) is 0.900. The number of rotatable bonds is 0. The van der Waals surface area contributed by atoms with E-state index in [0.717, 1.165) is 52.1 Å². The molecule has 5 heteroatoms. The van der Waals surface area contributed by atoms with Crippen LogP contribution < -0.4 is 11.1 Å². The molecule has 86 valence electrons. The van der Waals surface area contributed by atoms with E-state index in [-0.39, 0.29) is 12.1 Å². The summed E-state index contributed by atoms with van der Waals surface area (Å²) < 4.78 is 0. The molecule has 2 fully saturated rings. The molecule has 0 radical (unpaired) electrons. The molecule has 2 heterocycles. The number of piperidine rings is 1. The average molecular weight is 212 g/mol. The van der Waals surface area contributed by atoms with Gasteiger partial charge in [0.15, 0.2) is 0 Å². The minimum absolute atomic E-state index is 0.198. The van der Waals surface area contributed by atoms with Crippen molar-refractivity contribution in [2.24, 2.45) is 5.73 Å². The summed E-state index contributed by atoms with van der Waals surface area (Å²) in [6.07, 6.45) is 1.88. The Balaban J connectivity index is 1.84. The van der Waals surface area contributed by atoms with Gasteiger partial charge in [0.25, 0.3) is 0 Å². The van der Waals surface area contributed by atoms with Crippen molar-refractivity contribution < 1.29 is 4.79 Å². The molecular formula is C10H20N4O. The first-order chi connectivity index (χ1) is 7.27. The molecule has 2 rings (SSSR count). The van der Waals surface area contributed by atoms with E-state index in [1.54, 1.807) is 0 Å². The third kappa shape index (κ3) is 2.60. The lowest BCUT2D eigenvalue weighted by Gasteiger charge is -2.36. The standard InChI is InChI=1S/C10H20N4O/c11-9-1-5-13(6-2-9)10(15)14-7-3-12-4-8-14/h9,12H,1-8,11H2. The van der Waals surface area contributed by atoms with Crippen molar-refractivity contribution >= 4 is 6.03 Å². The zero-order valence-corrected chi connectivity index (χ0v) is 9.11. The normalized spacial score (nSPS) is 24.3. The van der Waals surface area contributed by atoms with E-state index >= 15 is 0 Å². The van der Waals surface area contributed by atoms with Crippen LogP contribution in [0.25, 0.3) is 0 Å².